The zero-order valence-corrected chi connectivity index (χ0v) is 17.0. The molecule has 1 aromatic rings. The van der Waals surface area contributed by atoms with E-state index in [0.717, 1.165) is 49.7 Å². The molecular formula is C19H26ClN3O3S. The Morgan fingerprint density at radius 1 is 1.11 bits per heavy atom. The van der Waals surface area contributed by atoms with E-state index in [1.807, 2.05) is 23.1 Å². The molecule has 1 aromatic carbocycles. The first-order chi connectivity index (χ1) is 12.9. The molecule has 0 spiro atoms. The van der Waals surface area contributed by atoms with Crippen LogP contribution in [0.5, 0.6) is 0 Å². The van der Waals surface area contributed by atoms with E-state index < -0.39 is 9.84 Å². The van der Waals surface area contributed by atoms with Crippen molar-refractivity contribution in [1.82, 2.24) is 9.80 Å². The molecule has 0 bridgehead atoms. The van der Waals surface area contributed by atoms with E-state index in [2.05, 4.69) is 15.9 Å². The van der Waals surface area contributed by atoms with E-state index in [1.54, 1.807) is 0 Å². The molecule has 27 heavy (non-hydrogen) atoms. The van der Waals surface area contributed by atoms with Crippen LogP contribution in [0.4, 0.5) is 5.69 Å². The fourth-order valence-electron chi connectivity index (χ4n) is 4.16. The van der Waals surface area contributed by atoms with Crippen LogP contribution in [-0.4, -0.2) is 80.4 Å². The van der Waals surface area contributed by atoms with Gasteiger partial charge in [-0.2, -0.15) is 0 Å². The number of nitrogens with zero attached hydrogens (tertiary/aromatic N) is 3. The van der Waals surface area contributed by atoms with Gasteiger partial charge in [-0.25, -0.2) is 8.42 Å². The number of sulfone groups is 1. The van der Waals surface area contributed by atoms with Crippen molar-refractivity contribution in [3.63, 3.8) is 0 Å². The van der Waals surface area contributed by atoms with Crippen LogP contribution < -0.4 is 4.90 Å². The first-order valence-electron chi connectivity index (χ1n) is 9.66. The highest BCUT2D eigenvalue weighted by Crippen LogP contribution is 2.32. The Kier molecular flexibility index (Phi) is 5.36. The van der Waals surface area contributed by atoms with Crippen molar-refractivity contribution in [3.05, 3.63) is 29.3 Å². The summed E-state index contributed by atoms with van der Waals surface area (Å²) in [5.41, 5.74) is 1.12. The minimum Gasteiger partial charge on any atom is -0.369 e. The van der Waals surface area contributed by atoms with Gasteiger partial charge < -0.3 is 9.80 Å². The highest BCUT2D eigenvalue weighted by molar-refractivity contribution is 7.91. The monoisotopic (exact) mass is 411 g/mol. The number of hydrogen-bond acceptors (Lipinski definition) is 5. The van der Waals surface area contributed by atoms with E-state index >= 15 is 0 Å². The van der Waals surface area contributed by atoms with Crippen molar-refractivity contribution < 1.29 is 13.2 Å². The van der Waals surface area contributed by atoms with Gasteiger partial charge in [-0.05, 0) is 37.5 Å². The highest BCUT2D eigenvalue weighted by atomic mass is 35.5. The molecule has 0 radical (unpaired) electrons. The summed E-state index contributed by atoms with van der Waals surface area (Å²) >= 11 is 6.08. The average Bonchev–Trinajstić information content (AvgIpc) is 3.39. The summed E-state index contributed by atoms with van der Waals surface area (Å²) in [7, 11) is -2.98. The number of halogens is 1. The van der Waals surface area contributed by atoms with Crippen molar-refractivity contribution in [2.24, 2.45) is 0 Å². The molecule has 8 heteroatoms. The van der Waals surface area contributed by atoms with Crippen molar-refractivity contribution in [2.45, 2.75) is 31.3 Å². The van der Waals surface area contributed by atoms with Crippen LogP contribution in [-0.2, 0) is 14.6 Å². The molecule has 6 nitrogen and oxygen atoms in total. The van der Waals surface area contributed by atoms with Crippen LogP contribution in [0.2, 0.25) is 5.02 Å². The maximum absolute atomic E-state index is 12.9. The summed E-state index contributed by atoms with van der Waals surface area (Å²) < 4.78 is 23.7. The second-order valence-electron chi connectivity index (χ2n) is 7.83. The van der Waals surface area contributed by atoms with Crippen LogP contribution in [0, 0.1) is 0 Å². The zero-order valence-electron chi connectivity index (χ0n) is 15.4. The molecule has 0 N–H and O–H groups in total. The van der Waals surface area contributed by atoms with E-state index in [0.29, 0.717) is 13.0 Å². The number of carbonyl (C=O) groups is 1. The molecule has 2 saturated heterocycles. The number of benzene rings is 1. The Labute approximate surface area is 166 Å². The first kappa shape index (κ1) is 19.0. The normalized spacial score (nSPS) is 25.5. The van der Waals surface area contributed by atoms with Gasteiger partial charge in [-0.1, -0.05) is 17.7 Å². The quantitative estimate of drug-likeness (QED) is 0.737. The van der Waals surface area contributed by atoms with Crippen molar-refractivity contribution in [3.8, 4) is 0 Å². The minimum absolute atomic E-state index is 0.0933. The van der Waals surface area contributed by atoms with Crippen LogP contribution in [0.1, 0.15) is 19.3 Å². The topological polar surface area (TPSA) is 60.9 Å². The lowest BCUT2D eigenvalue weighted by molar-refractivity contribution is -0.135. The van der Waals surface area contributed by atoms with Gasteiger partial charge in [0.15, 0.2) is 9.84 Å². The standard InChI is InChI=1S/C19H26ClN3O3S/c20-15-2-1-3-17(12-15)22-9-7-21(8-10-22)13-19(24)23(16-4-5-16)18-6-11-27(25,26)14-18/h1-3,12,16,18H,4-11,13-14H2/t18-/m1/s1. The summed E-state index contributed by atoms with van der Waals surface area (Å²) in [5.74, 6) is 0.445. The second kappa shape index (κ2) is 7.60. The molecule has 2 aliphatic heterocycles. The summed E-state index contributed by atoms with van der Waals surface area (Å²) in [5, 5.41) is 0.733. The Balaban J connectivity index is 1.33. The van der Waals surface area contributed by atoms with E-state index in [4.69, 9.17) is 11.6 Å². The molecule has 2 heterocycles. The molecule has 1 aliphatic carbocycles. The van der Waals surface area contributed by atoms with Crippen LogP contribution in [0.15, 0.2) is 24.3 Å². The molecule has 148 valence electrons. The Hall–Kier alpha value is -1.31. The van der Waals surface area contributed by atoms with Crippen LogP contribution >= 0.6 is 11.6 Å². The molecule has 3 fully saturated rings. The smallest absolute Gasteiger partial charge is 0.237 e. The highest BCUT2D eigenvalue weighted by Gasteiger charge is 2.42. The van der Waals surface area contributed by atoms with Gasteiger partial charge in [0, 0.05) is 49.0 Å². The molecule has 1 atom stereocenters. The van der Waals surface area contributed by atoms with E-state index in [-0.39, 0.29) is 29.5 Å². The minimum atomic E-state index is -2.98. The fourth-order valence-corrected chi connectivity index (χ4v) is 6.06. The predicted octanol–water partition coefficient (Wildman–Crippen LogP) is 1.64. The number of piperazine rings is 1. The Bertz CT molecular complexity index is 804. The molecule has 1 amide bonds. The zero-order chi connectivity index (χ0) is 19.0. The molecule has 4 rings (SSSR count). The molecule has 0 unspecified atom stereocenters. The van der Waals surface area contributed by atoms with Gasteiger partial charge in [0.25, 0.3) is 0 Å². The average molecular weight is 412 g/mol. The largest absolute Gasteiger partial charge is 0.369 e. The van der Waals surface area contributed by atoms with Gasteiger partial charge in [0.05, 0.1) is 18.1 Å². The van der Waals surface area contributed by atoms with Crippen LogP contribution in [0.3, 0.4) is 0 Å². The number of hydrogen-bond donors (Lipinski definition) is 0. The third-order valence-corrected chi connectivity index (χ3v) is 7.72. The van der Waals surface area contributed by atoms with E-state index in [9.17, 15) is 13.2 Å². The van der Waals surface area contributed by atoms with Crippen molar-refractivity contribution >= 4 is 33.0 Å². The number of anilines is 1. The van der Waals surface area contributed by atoms with Gasteiger partial charge >= 0.3 is 0 Å². The van der Waals surface area contributed by atoms with E-state index in [1.165, 1.54) is 0 Å². The summed E-state index contributed by atoms with van der Waals surface area (Å²) in [6, 6.07) is 7.98. The van der Waals surface area contributed by atoms with Gasteiger partial charge in [0.1, 0.15) is 0 Å². The first-order valence-corrected chi connectivity index (χ1v) is 11.9. The summed E-state index contributed by atoms with van der Waals surface area (Å²) in [6.45, 7) is 3.74. The van der Waals surface area contributed by atoms with Crippen molar-refractivity contribution in [2.75, 3.05) is 49.1 Å². The number of amides is 1. The third-order valence-electron chi connectivity index (χ3n) is 5.73. The maximum Gasteiger partial charge on any atom is 0.237 e. The van der Waals surface area contributed by atoms with Gasteiger partial charge in [0.2, 0.25) is 5.91 Å². The molecular weight excluding hydrogens is 386 g/mol. The van der Waals surface area contributed by atoms with Gasteiger partial charge in [-0.15, -0.1) is 0 Å². The van der Waals surface area contributed by atoms with Gasteiger partial charge in [-0.3, -0.25) is 9.69 Å². The SMILES string of the molecule is O=C(CN1CCN(c2cccc(Cl)c2)CC1)N(C1CC1)[C@@H]1CCS(=O)(=O)C1. The summed E-state index contributed by atoms with van der Waals surface area (Å²) in [6.07, 6.45) is 2.60. The summed E-state index contributed by atoms with van der Waals surface area (Å²) in [4.78, 5) is 19.3. The fraction of sp³-hybridized carbons (Fsp3) is 0.632. The lowest BCUT2D eigenvalue weighted by atomic mass is 10.2. The molecule has 0 aromatic heterocycles. The maximum atomic E-state index is 12.9. The lowest BCUT2D eigenvalue weighted by Gasteiger charge is -2.37. The van der Waals surface area contributed by atoms with Crippen molar-refractivity contribution in [1.29, 1.82) is 0 Å². The Morgan fingerprint density at radius 3 is 2.44 bits per heavy atom. The Morgan fingerprint density at radius 2 is 1.85 bits per heavy atom. The number of rotatable bonds is 5. The van der Waals surface area contributed by atoms with Crippen LogP contribution in [0.25, 0.3) is 0 Å². The molecule has 1 saturated carbocycles. The number of carbonyl (C=O) groups excluding carboxylic acids is 1. The third kappa shape index (κ3) is 4.58. The lowest BCUT2D eigenvalue weighted by Crippen LogP contribution is -2.52. The predicted molar refractivity (Wildman–Crippen MR) is 107 cm³/mol. The second-order valence-corrected chi connectivity index (χ2v) is 10.5. The molecule has 3 aliphatic rings.